The summed E-state index contributed by atoms with van der Waals surface area (Å²) in [5.41, 5.74) is 6.64. The Labute approximate surface area is 218 Å². The summed E-state index contributed by atoms with van der Waals surface area (Å²) in [6.07, 6.45) is 5.90. The number of piperazine rings is 1. The zero-order valence-electron chi connectivity index (χ0n) is 21.4. The standard InChI is InChI=1S/C30H32N6O/c1-22-5-10-27(18-26(22)19-29-32-13-11-28(34-29)25-4-3-12-31-20-25)33-30(37)24-8-6-23(7-9-24)21-36-16-14-35(2)15-17-36/h3-13,18,20H,14-17,19,21H2,1-2H3,(H,33,37). The highest BCUT2D eigenvalue weighted by Gasteiger charge is 2.14. The van der Waals surface area contributed by atoms with Crippen LogP contribution < -0.4 is 5.32 Å². The van der Waals surface area contributed by atoms with Crippen molar-refractivity contribution in [2.45, 2.75) is 19.9 Å². The molecular weight excluding hydrogens is 460 g/mol. The monoisotopic (exact) mass is 492 g/mol. The third kappa shape index (κ3) is 6.44. The number of rotatable bonds is 7. The SMILES string of the molecule is Cc1ccc(NC(=O)c2ccc(CN3CCN(C)CC3)cc2)cc1Cc1nccc(-c2cccnc2)n1. The van der Waals surface area contributed by atoms with E-state index in [0.29, 0.717) is 12.0 Å². The summed E-state index contributed by atoms with van der Waals surface area (Å²) >= 11 is 0. The number of aromatic nitrogens is 3. The van der Waals surface area contributed by atoms with Gasteiger partial charge in [0.15, 0.2) is 0 Å². The van der Waals surface area contributed by atoms with Gasteiger partial charge < -0.3 is 10.2 Å². The molecule has 188 valence electrons. The van der Waals surface area contributed by atoms with Gasteiger partial charge in [-0.05, 0) is 73.1 Å². The van der Waals surface area contributed by atoms with Crippen molar-refractivity contribution in [1.82, 2.24) is 24.8 Å². The fourth-order valence-corrected chi connectivity index (χ4v) is 4.50. The van der Waals surface area contributed by atoms with Crippen LogP contribution in [0.3, 0.4) is 0 Å². The fourth-order valence-electron chi connectivity index (χ4n) is 4.50. The zero-order chi connectivity index (χ0) is 25.6. The first-order valence-corrected chi connectivity index (χ1v) is 12.7. The summed E-state index contributed by atoms with van der Waals surface area (Å²) < 4.78 is 0. The van der Waals surface area contributed by atoms with Gasteiger partial charge in [0.2, 0.25) is 0 Å². The van der Waals surface area contributed by atoms with Crippen molar-refractivity contribution in [3.63, 3.8) is 0 Å². The van der Waals surface area contributed by atoms with E-state index >= 15 is 0 Å². The first kappa shape index (κ1) is 24.7. The molecule has 4 aromatic rings. The van der Waals surface area contributed by atoms with Crippen LogP contribution in [-0.2, 0) is 13.0 Å². The van der Waals surface area contributed by atoms with Crippen LogP contribution in [0, 0.1) is 6.92 Å². The van der Waals surface area contributed by atoms with E-state index < -0.39 is 0 Å². The van der Waals surface area contributed by atoms with Crippen LogP contribution in [-0.4, -0.2) is 63.9 Å². The minimum Gasteiger partial charge on any atom is -0.322 e. The molecule has 1 N–H and O–H groups in total. The Morgan fingerprint density at radius 1 is 0.973 bits per heavy atom. The van der Waals surface area contributed by atoms with Gasteiger partial charge in [0.05, 0.1) is 5.69 Å². The molecule has 37 heavy (non-hydrogen) atoms. The molecule has 1 fully saturated rings. The lowest BCUT2D eigenvalue weighted by Crippen LogP contribution is -2.43. The Balaban J connectivity index is 1.24. The average molecular weight is 493 g/mol. The summed E-state index contributed by atoms with van der Waals surface area (Å²) in [5, 5.41) is 3.05. The highest BCUT2D eigenvalue weighted by atomic mass is 16.1. The maximum atomic E-state index is 12.9. The molecule has 3 heterocycles. The molecule has 0 aliphatic carbocycles. The third-order valence-corrected chi connectivity index (χ3v) is 6.84. The van der Waals surface area contributed by atoms with Gasteiger partial charge in [-0.3, -0.25) is 14.7 Å². The molecule has 0 spiro atoms. The van der Waals surface area contributed by atoms with E-state index in [9.17, 15) is 4.79 Å². The predicted octanol–water partition coefficient (Wildman–Crippen LogP) is 4.44. The number of anilines is 1. The second-order valence-corrected chi connectivity index (χ2v) is 9.65. The van der Waals surface area contributed by atoms with Gasteiger partial charge in [-0.2, -0.15) is 0 Å². The number of nitrogens with zero attached hydrogens (tertiary/aromatic N) is 5. The lowest BCUT2D eigenvalue weighted by molar-refractivity contribution is 0.102. The van der Waals surface area contributed by atoms with Crippen molar-refractivity contribution >= 4 is 11.6 Å². The quantitative estimate of drug-likeness (QED) is 0.411. The van der Waals surface area contributed by atoms with E-state index in [1.54, 1.807) is 18.6 Å². The number of amides is 1. The van der Waals surface area contributed by atoms with Crippen molar-refractivity contribution in [3.8, 4) is 11.3 Å². The molecule has 0 bridgehead atoms. The maximum Gasteiger partial charge on any atom is 0.255 e. The van der Waals surface area contributed by atoms with Crippen molar-refractivity contribution in [2.75, 3.05) is 38.5 Å². The van der Waals surface area contributed by atoms with E-state index in [2.05, 4.69) is 51.2 Å². The molecule has 7 heteroatoms. The Kier molecular flexibility index (Phi) is 7.63. The molecule has 0 unspecified atom stereocenters. The average Bonchev–Trinajstić information content (AvgIpc) is 2.93. The van der Waals surface area contributed by atoms with E-state index in [1.165, 1.54) is 5.56 Å². The lowest BCUT2D eigenvalue weighted by Gasteiger charge is -2.32. The summed E-state index contributed by atoms with van der Waals surface area (Å²) in [5.74, 6) is 0.611. The van der Waals surface area contributed by atoms with Crippen LogP contribution in [0.15, 0.2) is 79.3 Å². The highest BCUT2D eigenvalue weighted by Crippen LogP contribution is 2.21. The van der Waals surface area contributed by atoms with Gasteiger partial charge in [-0.15, -0.1) is 0 Å². The number of carbonyl (C=O) groups is 1. The molecule has 7 nitrogen and oxygen atoms in total. The molecular formula is C30H32N6O. The Hall–Kier alpha value is -3.94. The summed E-state index contributed by atoms with van der Waals surface area (Å²) in [7, 11) is 2.16. The van der Waals surface area contributed by atoms with Crippen LogP contribution >= 0.6 is 0 Å². The predicted molar refractivity (Wildman–Crippen MR) is 146 cm³/mol. The molecule has 1 aliphatic heterocycles. The molecule has 5 rings (SSSR count). The number of hydrogen-bond donors (Lipinski definition) is 1. The minimum atomic E-state index is -0.115. The second-order valence-electron chi connectivity index (χ2n) is 9.65. The van der Waals surface area contributed by atoms with Gasteiger partial charge in [-0.1, -0.05) is 18.2 Å². The third-order valence-electron chi connectivity index (χ3n) is 6.84. The minimum absolute atomic E-state index is 0.115. The van der Waals surface area contributed by atoms with E-state index in [-0.39, 0.29) is 5.91 Å². The van der Waals surface area contributed by atoms with E-state index in [0.717, 1.165) is 66.6 Å². The van der Waals surface area contributed by atoms with Gasteiger partial charge in [0.25, 0.3) is 5.91 Å². The molecule has 1 amide bonds. The van der Waals surface area contributed by atoms with Crippen LogP contribution in [0.4, 0.5) is 5.69 Å². The number of aryl methyl sites for hydroxylation is 1. The summed E-state index contributed by atoms with van der Waals surface area (Å²) in [6, 6.07) is 19.7. The van der Waals surface area contributed by atoms with Crippen LogP contribution in [0.5, 0.6) is 0 Å². The smallest absolute Gasteiger partial charge is 0.255 e. The second kappa shape index (κ2) is 11.4. The molecule has 2 aromatic carbocycles. The van der Waals surface area contributed by atoms with Gasteiger partial charge in [-0.25, -0.2) is 9.97 Å². The summed E-state index contributed by atoms with van der Waals surface area (Å²) in [4.78, 5) is 31.1. The van der Waals surface area contributed by atoms with Crippen molar-refractivity contribution < 1.29 is 4.79 Å². The van der Waals surface area contributed by atoms with Crippen molar-refractivity contribution in [2.24, 2.45) is 0 Å². The number of pyridine rings is 1. The lowest BCUT2D eigenvalue weighted by atomic mass is 10.0. The first-order valence-electron chi connectivity index (χ1n) is 12.7. The molecule has 1 aliphatic rings. The number of hydrogen-bond acceptors (Lipinski definition) is 6. The Bertz CT molecular complexity index is 1350. The molecule has 2 aromatic heterocycles. The number of benzene rings is 2. The summed E-state index contributed by atoms with van der Waals surface area (Å²) in [6.45, 7) is 7.33. The maximum absolute atomic E-state index is 12.9. The molecule has 0 atom stereocenters. The van der Waals surface area contributed by atoms with Crippen LogP contribution in [0.1, 0.15) is 32.9 Å². The molecule has 0 radical (unpaired) electrons. The number of likely N-dealkylation sites (N-methyl/N-ethyl adjacent to an activating group) is 1. The van der Waals surface area contributed by atoms with Gasteiger partial charge in [0.1, 0.15) is 5.82 Å². The molecule has 1 saturated heterocycles. The highest BCUT2D eigenvalue weighted by molar-refractivity contribution is 6.04. The zero-order valence-corrected chi connectivity index (χ0v) is 21.4. The van der Waals surface area contributed by atoms with Crippen LogP contribution in [0.25, 0.3) is 11.3 Å². The van der Waals surface area contributed by atoms with Gasteiger partial charge in [0, 0.05) is 74.5 Å². The normalized spacial score (nSPS) is 14.4. The van der Waals surface area contributed by atoms with E-state index in [4.69, 9.17) is 4.98 Å². The Morgan fingerprint density at radius 2 is 1.78 bits per heavy atom. The van der Waals surface area contributed by atoms with Gasteiger partial charge >= 0.3 is 0 Å². The van der Waals surface area contributed by atoms with E-state index in [1.807, 2.05) is 48.5 Å². The largest absolute Gasteiger partial charge is 0.322 e. The Morgan fingerprint density at radius 3 is 2.54 bits per heavy atom. The van der Waals surface area contributed by atoms with Crippen molar-refractivity contribution in [3.05, 3.63) is 107 Å². The molecule has 0 saturated carbocycles. The number of carbonyl (C=O) groups excluding carboxylic acids is 1. The topological polar surface area (TPSA) is 74.2 Å². The van der Waals surface area contributed by atoms with Crippen LogP contribution in [0.2, 0.25) is 0 Å². The van der Waals surface area contributed by atoms with Crippen molar-refractivity contribution in [1.29, 1.82) is 0 Å². The number of nitrogens with one attached hydrogen (secondary N) is 1. The fraction of sp³-hybridized carbons (Fsp3) is 0.267. The first-order chi connectivity index (χ1) is 18.0.